The molecule has 4 heterocycles. The number of fused-ring (bicyclic) bond motifs is 1. The number of carbonyl (C=O) groups excluding carboxylic acids is 1. The molecule has 5 rings (SSSR count). The number of aromatic amines is 1. The van der Waals surface area contributed by atoms with E-state index >= 15 is 0 Å². The fraction of sp³-hybridized carbons (Fsp3) is 0.222. The van der Waals surface area contributed by atoms with E-state index in [2.05, 4.69) is 76.2 Å². The summed E-state index contributed by atoms with van der Waals surface area (Å²) in [6.45, 7) is 5.92. The molecule has 0 unspecified atom stereocenters. The molecule has 138 valence electrons. The minimum Gasteiger partial charge on any atom is -0.462 e. The lowest BCUT2D eigenvalue weighted by molar-refractivity contribution is -0.138. The van der Waals surface area contributed by atoms with Gasteiger partial charge in [-0.3, -0.25) is 4.79 Å². The van der Waals surface area contributed by atoms with E-state index in [1.807, 2.05) is 20.8 Å². The maximum atomic E-state index is 9.60. The number of para-hydroxylation sites is 1. The third kappa shape index (κ3) is 3.10. The van der Waals surface area contributed by atoms with Crippen LogP contribution in [0, 0.1) is 0 Å². The highest BCUT2D eigenvalue weighted by Gasteiger charge is 2.30. The van der Waals surface area contributed by atoms with Crippen molar-refractivity contribution in [3.05, 3.63) is 34.8 Å². The second kappa shape index (κ2) is 6.65. The highest BCUT2D eigenvalue weighted by molar-refractivity contribution is 9.10. The van der Waals surface area contributed by atoms with Crippen molar-refractivity contribution in [3.8, 4) is 17.1 Å². The molecular weight excluding hydrogens is 430 g/mol. The van der Waals surface area contributed by atoms with E-state index in [4.69, 9.17) is 0 Å². The smallest absolute Gasteiger partial charge is 0.293 e. The highest BCUT2D eigenvalue weighted by atomic mass is 79.9. The molecule has 1 aliphatic heterocycles. The molecule has 4 bridgehead atoms. The summed E-state index contributed by atoms with van der Waals surface area (Å²) in [4.78, 5) is 12.1. The summed E-state index contributed by atoms with van der Waals surface area (Å²) >= 11 is 5.46. The number of H-pyrrole nitrogens is 1. The third-order valence-electron chi connectivity index (χ3n) is 3.94. The van der Waals surface area contributed by atoms with E-state index in [1.54, 1.807) is 11.8 Å². The minimum absolute atomic E-state index is 0.318. The average Bonchev–Trinajstić information content (AvgIpc) is 3.28. The predicted octanol–water partition coefficient (Wildman–Crippen LogP) is 4.43. The van der Waals surface area contributed by atoms with Crippen LogP contribution in [0.15, 0.2) is 44.6 Å². The van der Waals surface area contributed by atoms with Gasteiger partial charge in [0.15, 0.2) is 0 Å². The molecule has 9 heteroatoms. The lowest BCUT2D eigenvalue weighted by Crippen LogP contribution is -2.17. The van der Waals surface area contributed by atoms with Gasteiger partial charge in [-0.15, -0.1) is 10.2 Å². The lowest BCUT2D eigenvalue weighted by atomic mass is 10.2. The number of aromatic nitrogens is 5. The zero-order valence-corrected chi connectivity index (χ0v) is 17.3. The first-order valence-corrected chi connectivity index (χ1v) is 9.80. The summed E-state index contributed by atoms with van der Waals surface area (Å²) in [6, 6.07) is 10.6. The second-order valence-electron chi connectivity index (χ2n) is 6.90. The molecule has 0 saturated carbocycles. The van der Waals surface area contributed by atoms with Gasteiger partial charge in [-0.2, -0.15) is 5.21 Å². The topological polar surface area (TPSA) is 85.7 Å². The van der Waals surface area contributed by atoms with Gasteiger partial charge in [-0.05, 0) is 60.1 Å². The standard InChI is InChI=1S/C13H6BrN5S.C5H10O2/c14-11-7-5-9-12(10(11)13-15-17-18-16-13)19(7)6-3-1-2-4-8(6)20-9;1-5(2,3)7-4-6/h1-5H,(H,15,16,17,18);4H,1-3H3. The third-order valence-corrected chi connectivity index (χ3v) is 5.84. The molecule has 7 nitrogen and oxygen atoms in total. The number of nitrogens with one attached hydrogen (secondary N) is 1. The van der Waals surface area contributed by atoms with Gasteiger partial charge in [0.05, 0.1) is 26.8 Å². The molecule has 0 amide bonds. The number of rotatable bonds is 2. The SMILES string of the molecule is Brc1c(-c2nn[nH]n2)c2c3cc1n2-c1ccccc1S3.CC(C)(C)OC=O. The van der Waals surface area contributed by atoms with Crippen molar-refractivity contribution in [1.29, 1.82) is 0 Å². The number of benzene rings is 2. The van der Waals surface area contributed by atoms with Crippen molar-refractivity contribution >= 4 is 45.2 Å². The van der Waals surface area contributed by atoms with Gasteiger partial charge in [0.1, 0.15) is 5.60 Å². The predicted molar refractivity (Wildman–Crippen MR) is 106 cm³/mol. The van der Waals surface area contributed by atoms with Crippen LogP contribution in [0.2, 0.25) is 0 Å². The van der Waals surface area contributed by atoms with Gasteiger partial charge < -0.3 is 9.30 Å². The first-order valence-electron chi connectivity index (χ1n) is 8.19. The van der Waals surface area contributed by atoms with Crippen LogP contribution < -0.4 is 0 Å². The van der Waals surface area contributed by atoms with Crippen LogP contribution in [0.3, 0.4) is 0 Å². The Morgan fingerprint density at radius 1 is 1.26 bits per heavy atom. The van der Waals surface area contributed by atoms with Crippen LogP contribution in [0.4, 0.5) is 0 Å². The zero-order valence-electron chi connectivity index (χ0n) is 14.9. The molecule has 0 saturated heterocycles. The quantitative estimate of drug-likeness (QED) is 0.404. The maximum absolute atomic E-state index is 9.60. The molecular formula is C18H16BrN5O2S. The van der Waals surface area contributed by atoms with Crippen LogP contribution in [0.5, 0.6) is 0 Å². The summed E-state index contributed by atoms with van der Waals surface area (Å²) in [7, 11) is 0. The molecule has 3 aromatic heterocycles. The van der Waals surface area contributed by atoms with Gasteiger partial charge in [-0.25, -0.2) is 0 Å². The van der Waals surface area contributed by atoms with E-state index in [1.165, 1.54) is 15.5 Å². The number of hydrogen-bond donors (Lipinski definition) is 1. The largest absolute Gasteiger partial charge is 0.462 e. The van der Waals surface area contributed by atoms with Gasteiger partial charge in [0.2, 0.25) is 5.82 Å². The second-order valence-corrected chi connectivity index (χ2v) is 8.78. The Morgan fingerprint density at radius 2 is 2.04 bits per heavy atom. The van der Waals surface area contributed by atoms with Crippen molar-refractivity contribution in [2.24, 2.45) is 0 Å². The van der Waals surface area contributed by atoms with Crippen molar-refractivity contribution in [3.63, 3.8) is 0 Å². The highest BCUT2D eigenvalue weighted by Crippen LogP contribution is 2.52. The summed E-state index contributed by atoms with van der Waals surface area (Å²) in [5.41, 5.74) is 4.19. The van der Waals surface area contributed by atoms with Crippen molar-refractivity contribution in [1.82, 2.24) is 25.2 Å². The Morgan fingerprint density at radius 3 is 2.67 bits per heavy atom. The Hall–Kier alpha value is -2.39. The summed E-state index contributed by atoms with van der Waals surface area (Å²) in [5, 5.41) is 14.4. The van der Waals surface area contributed by atoms with Gasteiger partial charge in [0, 0.05) is 9.79 Å². The first kappa shape index (κ1) is 18.0. The molecule has 1 N–H and O–H groups in total. The average molecular weight is 446 g/mol. The van der Waals surface area contributed by atoms with Crippen LogP contribution in [-0.2, 0) is 9.53 Å². The monoisotopic (exact) mass is 445 g/mol. The normalized spacial score (nSPS) is 12.4. The molecule has 1 aromatic carbocycles. The fourth-order valence-electron chi connectivity index (χ4n) is 2.91. The molecule has 0 fully saturated rings. The summed E-state index contributed by atoms with van der Waals surface area (Å²) in [6.07, 6.45) is 0. The van der Waals surface area contributed by atoms with Crippen LogP contribution in [-0.4, -0.2) is 37.3 Å². The minimum atomic E-state index is -0.318. The van der Waals surface area contributed by atoms with Crippen molar-refractivity contribution < 1.29 is 9.53 Å². The van der Waals surface area contributed by atoms with E-state index in [9.17, 15) is 4.79 Å². The summed E-state index contributed by atoms with van der Waals surface area (Å²) in [5.74, 6) is 0.623. The number of ether oxygens (including phenoxy) is 1. The molecule has 0 aliphatic carbocycles. The first-order chi connectivity index (χ1) is 12.9. The number of tetrazole rings is 1. The van der Waals surface area contributed by atoms with Crippen LogP contribution >= 0.6 is 27.7 Å². The number of hydrogen-bond acceptors (Lipinski definition) is 6. The maximum Gasteiger partial charge on any atom is 0.293 e. The Balaban J connectivity index is 0.000000224. The van der Waals surface area contributed by atoms with Crippen LogP contribution in [0.1, 0.15) is 20.8 Å². The fourth-order valence-corrected chi connectivity index (χ4v) is 4.67. The molecule has 0 atom stereocenters. The zero-order chi connectivity index (χ0) is 19.2. The van der Waals surface area contributed by atoms with E-state index in [0.717, 1.165) is 21.1 Å². The van der Waals surface area contributed by atoms with Crippen molar-refractivity contribution in [2.75, 3.05) is 0 Å². The molecule has 4 aromatic rings. The molecule has 1 aliphatic rings. The number of halogens is 1. The summed E-state index contributed by atoms with van der Waals surface area (Å²) < 4.78 is 7.83. The van der Waals surface area contributed by atoms with Crippen LogP contribution in [0.25, 0.3) is 28.1 Å². The van der Waals surface area contributed by atoms with Gasteiger partial charge in [-0.1, -0.05) is 23.9 Å². The number of carbonyl (C=O) groups is 1. The van der Waals surface area contributed by atoms with E-state index < -0.39 is 0 Å². The molecule has 0 spiro atoms. The van der Waals surface area contributed by atoms with Crippen molar-refractivity contribution in [2.45, 2.75) is 36.2 Å². The molecule has 0 radical (unpaired) electrons. The lowest BCUT2D eigenvalue weighted by Gasteiger charge is -2.15. The van der Waals surface area contributed by atoms with E-state index in [0.29, 0.717) is 12.3 Å². The van der Waals surface area contributed by atoms with Gasteiger partial charge in [0.25, 0.3) is 6.47 Å². The Kier molecular flexibility index (Phi) is 4.43. The number of nitrogens with zero attached hydrogens (tertiary/aromatic N) is 4. The molecule has 27 heavy (non-hydrogen) atoms. The Bertz CT molecular complexity index is 1100. The van der Waals surface area contributed by atoms with Gasteiger partial charge >= 0.3 is 0 Å². The van der Waals surface area contributed by atoms with E-state index in [-0.39, 0.29) is 5.60 Å². The Labute approximate surface area is 167 Å².